The number of hydrogen-bond donors (Lipinski definition) is 1. The van der Waals surface area contributed by atoms with E-state index in [1.807, 2.05) is 30.3 Å². The largest absolute Gasteiger partial charge is 0.481 e. The molecular weight excluding hydrogens is 313 g/mol. The maximum atomic E-state index is 13.7. The molecule has 0 aromatic heterocycles. The SMILES string of the molecule is O=C(O)[C@@H]1CN(C(=O)C2(CF)CCOCC2)C[C@@H]1c1ccccc1. The molecule has 5 nitrogen and oxygen atoms in total. The van der Waals surface area contributed by atoms with Crippen LogP contribution in [0.5, 0.6) is 0 Å². The fourth-order valence-corrected chi connectivity index (χ4v) is 3.76. The summed E-state index contributed by atoms with van der Waals surface area (Å²) >= 11 is 0. The van der Waals surface area contributed by atoms with E-state index in [2.05, 4.69) is 0 Å². The van der Waals surface area contributed by atoms with Crippen molar-refractivity contribution in [3.63, 3.8) is 0 Å². The normalized spacial score (nSPS) is 26.3. The Morgan fingerprint density at radius 1 is 1.21 bits per heavy atom. The maximum Gasteiger partial charge on any atom is 0.308 e. The molecule has 1 amide bonds. The number of nitrogens with zero attached hydrogens (tertiary/aromatic N) is 1. The summed E-state index contributed by atoms with van der Waals surface area (Å²) in [5.41, 5.74) is -0.145. The van der Waals surface area contributed by atoms with Crippen molar-refractivity contribution in [2.45, 2.75) is 18.8 Å². The molecule has 2 saturated heterocycles. The van der Waals surface area contributed by atoms with E-state index in [1.165, 1.54) is 0 Å². The molecule has 1 N–H and O–H groups in total. The number of carbonyl (C=O) groups excluding carboxylic acids is 1. The Balaban J connectivity index is 1.82. The van der Waals surface area contributed by atoms with Crippen LogP contribution in [-0.2, 0) is 14.3 Å². The van der Waals surface area contributed by atoms with Crippen LogP contribution in [0.2, 0.25) is 0 Å². The predicted octanol–water partition coefficient (Wildman–Crippen LogP) is 2.08. The quantitative estimate of drug-likeness (QED) is 0.915. The lowest BCUT2D eigenvalue weighted by Gasteiger charge is -2.36. The molecule has 3 rings (SSSR count). The van der Waals surface area contributed by atoms with Crippen molar-refractivity contribution in [3.8, 4) is 0 Å². The van der Waals surface area contributed by atoms with Crippen LogP contribution in [0.4, 0.5) is 4.39 Å². The van der Waals surface area contributed by atoms with Crippen molar-refractivity contribution in [1.82, 2.24) is 4.90 Å². The van der Waals surface area contributed by atoms with Gasteiger partial charge in [0.2, 0.25) is 5.91 Å². The summed E-state index contributed by atoms with van der Waals surface area (Å²) in [7, 11) is 0. The van der Waals surface area contributed by atoms with Gasteiger partial charge in [-0.15, -0.1) is 0 Å². The van der Waals surface area contributed by atoms with Crippen molar-refractivity contribution in [3.05, 3.63) is 35.9 Å². The number of hydrogen-bond acceptors (Lipinski definition) is 3. The van der Waals surface area contributed by atoms with E-state index < -0.39 is 24.0 Å². The van der Waals surface area contributed by atoms with Crippen LogP contribution < -0.4 is 0 Å². The number of halogens is 1. The Morgan fingerprint density at radius 2 is 1.88 bits per heavy atom. The molecule has 0 saturated carbocycles. The van der Waals surface area contributed by atoms with E-state index in [0.717, 1.165) is 5.56 Å². The molecule has 2 aliphatic heterocycles. The van der Waals surface area contributed by atoms with Crippen molar-refractivity contribution >= 4 is 11.9 Å². The van der Waals surface area contributed by atoms with Gasteiger partial charge in [0.25, 0.3) is 0 Å². The molecule has 0 bridgehead atoms. The highest BCUT2D eigenvalue weighted by Crippen LogP contribution is 2.39. The second kappa shape index (κ2) is 6.89. The summed E-state index contributed by atoms with van der Waals surface area (Å²) in [5, 5.41) is 9.54. The smallest absolute Gasteiger partial charge is 0.308 e. The topological polar surface area (TPSA) is 66.8 Å². The van der Waals surface area contributed by atoms with Gasteiger partial charge in [-0.1, -0.05) is 30.3 Å². The Morgan fingerprint density at radius 3 is 2.46 bits per heavy atom. The number of rotatable bonds is 4. The number of aliphatic carboxylic acids is 1. The van der Waals surface area contributed by atoms with Gasteiger partial charge in [0.05, 0.1) is 11.3 Å². The number of benzene rings is 1. The first-order valence-corrected chi connectivity index (χ1v) is 8.28. The van der Waals surface area contributed by atoms with Gasteiger partial charge in [-0.2, -0.15) is 0 Å². The number of carboxylic acids is 1. The summed E-state index contributed by atoms with van der Waals surface area (Å²) < 4.78 is 19.0. The van der Waals surface area contributed by atoms with Gasteiger partial charge in [0, 0.05) is 32.2 Å². The van der Waals surface area contributed by atoms with Crippen LogP contribution in [0.3, 0.4) is 0 Å². The zero-order valence-corrected chi connectivity index (χ0v) is 13.5. The molecule has 2 atom stereocenters. The summed E-state index contributed by atoms with van der Waals surface area (Å²) in [6.45, 7) is 0.472. The maximum absolute atomic E-state index is 13.7. The second-order valence-corrected chi connectivity index (χ2v) is 6.70. The van der Waals surface area contributed by atoms with Gasteiger partial charge in [-0.3, -0.25) is 9.59 Å². The molecule has 130 valence electrons. The minimum absolute atomic E-state index is 0.135. The molecule has 0 spiro atoms. The molecule has 6 heteroatoms. The number of likely N-dealkylation sites (tertiary alicyclic amines) is 1. The lowest BCUT2D eigenvalue weighted by atomic mass is 9.80. The summed E-state index contributed by atoms with van der Waals surface area (Å²) in [4.78, 5) is 26.1. The average Bonchev–Trinajstić information content (AvgIpc) is 3.08. The standard InChI is InChI=1S/C18H22FNO4/c19-12-18(6-8-24-9-7-18)17(23)20-10-14(15(11-20)16(21)22)13-4-2-1-3-5-13/h1-5,14-15H,6-12H2,(H,21,22)/t14-,15-/m1/s1. The fraction of sp³-hybridized carbons (Fsp3) is 0.556. The molecule has 0 unspecified atom stereocenters. The number of carbonyl (C=O) groups is 2. The molecule has 24 heavy (non-hydrogen) atoms. The molecule has 0 aliphatic carbocycles. The Bertz CT molecular complexity index is 600. The molecule has 2 aliphatic rings. The highest BCUT2D eigenvalue weighted by molar-refractivity contribution is 5.85. The monoisotopic (exact) mass is 335 g/mol. The Kier molecular flexibility index (Phi) is 4.85. The second-order valence-electron chi connectivity index (χ2n) is 6.70. The minimum atomic E-state index is -1.05. The van der Waals surface area contributed by atoms with Crippen molar-refractivity contribution in [2.24, 2.45) is 11.3 Å². The predicted molar refractivity (Wildman–Crippen MR) is 85.3 cm³/mol. The fourth-order valence-electron chi connectivity index (χ4n) is 3.76. The molecule has 2 fully saturated rings. The van der Waals surface area contributed by atoms with Crippen LogP contribution in [0, 0.1) is 11.3 Å². The summed E-state index contributed by atoms with van der Waals surface area (Å²) in [6.07, 6.45) is 0.707. The van der Waals surface area contributed by atoms with Crippen LogP contribution in [-0.4, -0.2) is 54.9 Å². The van der Waals surface area contributed by atoms with E-state index in [-0.39, 0.29) is 18.4 Å². The number of amides is 1. The highest BCUT2D eigenvalue weighted by Gasteiger charge is 2.48. The Labute approximate surface area is 140 Å². The van der Waals surface area contributed by atoms with E-state index in [4.69, 9.17) is 4.74 Å². The van der Waals surface area contributed by atoms with Crippen LogP contribution in [0.25, 0.3) is 0 Å². The third-order valence-electron chi connectivity index (χ3n) is 5.31. The van der Waals surface area contributed by atoms with E-state index in [9.17, 15) is 19.1 Å². The molecule has 1 aromatic rings. The van der Waals surface area contributed by atoms with Crippen molar-refractivity contribution < 1.29 is 23.8 Å². The van der Waals surface area contributed by atoms with Crippen molar-refractivity contribution in [2.75, 3.05) is 33.0 Å². The van der Waals surface area contributed by atoms with Gasteiger partial charge >= 0.3 is 5.97 Å². The zero-order valence-electron chi connectivity index (χ0n) is 13.5. The lowest BCUT2D eigenvalue weighted by Crippen LogP contribution is -2.47. The molecule has 0 radical (unpaired) electrons. The molecule has 1 aromatic carbocycles. The third kappa shape index (κ3) is 3.02. The highest BCUT2D eigenvalue weighted by atomic mass is 19.1. The van der Waals surface area contributed by atoms with E-state index in [0.29, 0.717) is 32.6 Å². The number of ether oxygens (including phenoxy) is 1. The van der Waals surface area contributed by atoms with Crippen LogP contribution in [0.15, 0.2) is 30.3 Å². The number of alkyl halides is 1. The van der Waals surface area contributed by atoms with Gasteiger partial charge in [-0.25, -0.2) is 4.39 Å². The van der Waals surface area contributed by atoms with Gasteiger partial charge < -0.3 is 14.7 Å². The van der Waals surface area contributed by atoms with E-state index in [1.54, 1.807) is 4.90 Å². The van der Waals surface area contributed by atoms with Crippen molar-refractivity contribution in [1.29, 1.82) is 0 Å². The molecule has 2 heterocycles. The van der Waals surface area contributed by atoms with Crippen LogP contribution >= 0.6 is 0 Å². The first-order chi connectivity index (χ1) is 11.6. The average molecular weight is 335 g/mol. The minimum Gasteiger partial charge on any atom is -0.481 e. The lowest BCUT2D eigenvalue weighted by molar-refractivity contribution is -0.149. The number of carboxylic acid groups (broad SMARTS) is 1. The first kappa shape index (κ1) is 16.9. The first-order valence-electron chi connectivity index (χ1n) is 8.28. The molecular formula is C18H22FNO4. The zero-order chi connectivity index (χ0) is 17.2. The Hall–Kier alpha value is -1.95. The van der Waals surface area contributed by atoms with Gasteiger partial charge in [-0.05, 0) is 18.4 Å². The summed E-state index contributed by atoms with van der Waals surface area (Å²) in [6, 6.07) is 9.36. The van der Waals surface area contributed by atoms with Gasteiger partial charge in [0.1, 0.15) is 6.67 Å². The third-order valence-corrected chi connectivity index (χ3v) is 5.31. The van der Waals surface area contributed by atoms with Gasteiger partial charge in [0.15, 0.2) is 0 Å². The van der Waals surface area contributed by atoms with E-state index >= 15 is 0 Å². The van der Waals surface area contributed by atoms with Crippen LogP contribution in [0.1, 0.15) is 24.3 Å². The summed E-state index contributed by atoms with van der Waals surface area (Å²) in [5.74, 6) is -2.10.